The Morgan fingerprint density at radius 1 is 1.69 bits per heavy atom. The van der Waals surface area contributed by atoms with Crippen LogP contribution in [0.4, 0.5) is 0 Å². The lowest BCUT2D eigenvalue weighted by atomic mass is 10.5. The van der Waals surface area contributed by atoms with E-state index in [9.17, 15) is 8.42 Å². The van der Waals surface area contributed by atoms with E-state index >= 15 is 0 Å². The first-order valence-electron chi connectivity index (χ1n) is 3.71. The molecule has 0 aliphatic carbocycles. The van der Waals surface area contributed by atoms with Crippen LogP contribution in [0.2, 0.25) is 0 Å². The van der Waals surface area contributed by atoms with Crippen LogP contribution in [0, 0.1) is 0 Å². The fourth-order valence-corrected chi connectivity index (χ4v) is 2.44. The first kappa shape index (κ1) is 10.7. The Kier molecular flexibility index (Phi) is 3.09. The van der Waals surface area contributed by atoms with E-state index in [2.05, 4.69) is 21.0 Å². The standard InChI is InChI=1S/C6H10BrN3O2S/c1-2-3-10-4-5(6(7)9-10)13(8,11)12/h4H,2-3H2,1H3,(H2,8,11,12). The molecule has 1 rings (SSSR count). The smallest absolute Gasteiger partial charge is 0.242 e. The maximum atomic E-state index is 11.0. The largest absolute Gasteiger partial charge is 0.270 e. The molecule has 0 aliphatic heterocycles. The Hall–Kier alpha value is -0.400. The molecular formula is C6H10BrN3O2S. The number of aromatic nitrogens is 2. The summed E-state index contributed by atoms with van der Waals surface area (Å²) in [6.45, 7) is 2.65. The fraction of sp³-hybridized carbons (Fsp3) is 0.500. The third-order valence-corrected chi connectivity index (χ3v) is 3.21. The van der Waals surface area contributed by atoms with Crippen molar-refractivity contribution in [3.8, 4) is 0 Å². The molecule has 0 aliphatic rings. The van der Waals surface area contributed by atoms with Crippen molar-refractivity contribution >= 4 is 26.0 Å². The van der Waals surface area contributed by atoms with Gasteiger partial charge in [0.1, 0.15) is 9.50 Å². The summed E-state index contributed by atoms with van der Waals surface area (Å²) < 4.78 is 23.7. The number of sulfonamides is 1. The molecule has 7 heteroatoms. The second-order valence-electron chi connectivity index (χ2n) is 2.59. The molecule has 0 atom stereocenters. The van der Waals surface area contributed by atoms with Crippen molar-refractivity contribution in [3.63, 3.8) is 0 Å². The molecule has 1 heterocycles. The van der Waals surface area contributed by atoms with Crippen LogP contribution in [0.25, 0.3) is 0 Å². The molecule has 1 aromatic rings. The minimum atomic E-state index is -3.66. The van der Waals surface area contributed by atoms with Crippen LogP contribution >= 0.6 is 15.9 Å². The summed E-state index contributed by atoms with van der Waals surface area (Å²) in [6.07, 6.45) is 2.31. The first-order chi connectivity index (χ1) is 5.95. The molecule has 0 unspecified atom stereocenters. The van der Waals surface area contributed by atoms with Gasteiger partial charge in [0.25, 0.3) is 0 Å². The van der Waals surface area contributed by atoms with Crippen LogP contribution in [0.15, 0.2) is 15.7 Å². The highest BCUT2D eigenvalue weighted by Gasteiger charge is 2.16. The van der Waals surface area contributed by atoms with E-state index in [0.29, 0.717) is 6.54 Å². The molecule has 2 N–H and O–H groups in total. The SMILES string of the molecule is CCCn1cc(S(N)(=O)=O)c(Br)n1. The summed E-state index contributed by atoms with van der Waals surface area (Å²) in [6, 6.07) is 0. The summed E-state index contributed by atoms with van der Waals surface area (Å²) in [5.74, 6) is 0. The number of aryl methyl sites for hydroxylation is 1. The lowest BCUT2D eigenvalue weighted by Crippen LogP contribution is -2.11. The third kappa shape index (κ3) is 2.52. The van der Waals surface area contributed by atoms with Crippen molar-refractivity contribution < 1.29 is 8.42 Å². The molecule has 0 bridgehead atoms. The molecule has 0 aromatic carbocycles. The van der Waals surface area contributed by atoms with E-state index in [-0.39, 0.29) is 9.50 Å². The molecule has 74 valence electrons. The van der Waals surface area contributed by atoms with Crippen LogP contribution in [-0.2, 0) is 16.6 Å². The highest BCUT2D eigenvalue weighted by atomic mass is 79.9. The number of hydrogen-bond acceptors (Lipinski definition) is 3. The van der Waals surface area contributed by atoms with Gasteiger partial charge in [0.15, 0.2) is 0 Å². The zero-order valence-corrected chi connectivity index (χ0v) is 9.47. The van der Waals surface area contributed by atoms with Crippen molar-refractivity contribution in [2.45, 2.75) is 24.8 Å². The molecule has 13 heavy (non-hydrogen) atoms. The Bertz CT molecular complexity index is 398. The van der Waals surface area contributed by atoms with Crippen LogP contribution in [0.3, 0.4) is 0 Å². The Balaban J connectivity index is 3.11. The van der Waals surface area contributed by atoms with Gasteiger partial charge >= 0.3 is 0 Å². The van der Waals surface area contributed by atoms with Crippen LogP contribution in [-0.4, -0.2) is 18.2 Å². The number of nitrogens with two attached hydrogens (primary N) is 1. The second kappa shape index (κ2) is 3.77. The summed E-state index contributed by atoms with van der Waals surface area (Å²) in [4.78, 5) is 0.0287. The van der Waals surface area contributed by atoms with Gasteiger partial charge in [-0.15, -0.1) is 0 Å². The number of halogens is 1. The Labute approximate surface area is 85.1 Å². The topological polar surface area (TPSA) is 78.0 Å². The van der Waals surface area contributed by atoms with Crippen LogP contribution in [0.5, 0.6) is 0 Å². The number of hydrogen-bond donors (Lipinski definition) is 1. The van der Waals surface area contributed by atoms with E-state index in [1.165, 1.54) is 6.20 Å². The van der Waals surface area contributed by atoms with Gasteiger partial charge in [-0.2, -0.15) is 5.10 Å². The predicted molar refractivity (Wildman–Crippen MR) is 51.6 cm³/mol. The lowest BCUT2D eigenvalue weighted by Gasteiger charge is -1.94. The predicted octanol–water partition coefficient (Wildman–Crippen LogP) is 0.703. The maximum absolute atomic E-state index is 11.0. The molecule has 5 nitrogen and oxygen atoms in total. The zero-order chi connectivity index (χ0) is 10.1. The Morgan fingerprint density at radius 2 is 2.31 bits per heavy atom. The van der Waals surface area contributed by atoms with Crippen molar-refractivity contribution in [1.29, 1.82) is 0 Å². The third-order valence-electron chi connectivity index (χ3n) is 1.45. The monoisotopic (exact) mass is 267 g/mol. The van der Waals surface area contributed by atoms with Gasteiger partial charge in [0, 0.05) is 12.7 Å². The first-order valence-corrected chi connectivity index (χ1v) is 6.05. The molecule has 0 saturated carbocycles. The summed E-state index contributed by atoms with van der Waals surface area (Å²) >= 11 is 3.03. The molecule has 1 aromatic heterocycles. The average molecular weight is 268 g/mol. The highest BCUT2D eigenvalue weighted by molar-refractivity contribution is 9.10. The van der Waals surface area contributed by atoms with Gasteiger partial charge in [-0.3, -0.25) is 4.68 Å². The number of rotatable bonds is 3. The van der Waals surface area contributed by atoms with Gasteiger partial charge in [0.05, 0.1) is 0 Å². The molecule has 0 saturated heterocycles. The fourth-order valence-electron chi connectivity index (χ4n) is 0.914. The van der Waals surface area contributed by atoms with Crippen molar-refractivity contribution in [2.75, 3.05) is 0 Å². The molecule has 0 amide bonds. The van der Waals surface area contributed by atoms with Gasteiger partial charge in [-0.25, -0.2) is 13.6 Å². The van der Waals surface area contributed by atoms with E-state index in [4.69, 9.17) is 5.14 Å². The summed E-state index contributed by atoms with van der Waals surface area (Å²) in [7, 11) is -3.66. The second-order valence-corrected chi connectivity index (χ2v) is 4.87. The Morgan fingerprint density at radius 3 is 2.69 bits per heavy atom. The van der Waals surface area contributed by atoms with E-state index < -0.39 is 10.0 Å². The highest BCUT2D eigenvalue weighted by Crippen LogP contribution is 2.18. The van der Waals surface area contributed by atoms with Crippen molar-refractivity contribution in [3.05, 3.63) is 10.8 Å². The normalized spacial score (nSPS) is 11.9. The minimum Gasteiger partial charge on any atom is -0.270 e. The van der Waals surface area contributed by atoms with Gasteiger partial charge in [-0.05, 0) is 22.4 Å². The number of nitrogens with zero attached hydrogens (tertiary/aromatic N) is 2. The van der Waals surface area contributed by atoms with Gasteiger partial charge in [0.2, 0.25) is 10.0 Å². The average Bonchev–Trinajstić information content (AvgIpc) is 2.30. The maximum Gasteiger partial charge on any atom is 0.242 e. The zero-order valence-electron chi connectivity index (χ0n) is 7.07. The van der Waals surface area contributed by atoms with Crippen LogP contribution < -0.4 is 5.14 Å². The number of primary sulfonamides is 1. The molecule has 0 fully saturated rings. The van der Waals surface area contributed by atoms with E-state index in [0.717, 1.165) is 6.42 Å². The quantitative estimate of drug-likeness (QED) is 0.876. The van der Waals surface area contributed by atoms with Gasteiger partial charge < -0.3 is 0 Å². The molecule has 0 spiro atoms. The van der Waals surface area contributed by atoms with Crippen molar-refractivity contribution in [2.24, 2.45) is 5.14 Å². The molecular weight excluding hydrogens is 258 g/mol. The summed E-state index contributed by atoms with van der Waals surface area (Å²) in [5.41, 5.74) is 0. The van der Waals surface area contributed by atoms with E-state index in [1.807, 2.05) is 6.92 Å². The van der Waals surface area contributed by atoms with Gasteiger partial charge in [-0.1, -0.05) is 6.92 Å². The van der Waals surface area contributed by atoms with Crippen molar-refractivity contribution in [1.82, 2.24) is 9.78 Å². The lowest BCUT2D eigenvalue weighted by molar-refractivity contribution is 0.592. The molecule has 0 radical (unpaired) electrons. The summed E-state index contributed by atoms with van der Waals surface area (Å²) in [5, 5.41) is 8.90. The minimum absolute atomic E-state index is 0.0287. The van der Waals surface area contributed by atoms with E-state index in [1.54, 1.807) is 4.68 Å². The van der Waals surface area contributed by atoms with Crippen LogP contribution in [0.1, 0.15) is 13.3 Å².